The largest absolute Gasteiger partial charge is 0.373 e. The van der Waals surface area contributed by atoms with Gasteiger partial charge in [0, 0.05) is 50.9 Å². The Morgan fingerprint density at radius 3 is 2.45 bits per heavy atom. The van der Waals surface area contributed by atoms with Gasteiger partial charge in [-0.25, -0.2) is 8.78 Å². The summed E-state index contributed by atoms with van der Waals surface area (Å²) in [5.41, 5.74) is 0.944. The Morgan fingerprint density at radius 1 is 1.10 bits per heavy atom. The van der Waals surface area contributed by atoms with E-state index in [2.05, 4.69) is 10.2 Å². The number of likely N-dealkylation sites (tertiary alicyclic amines) is 1. The molecule has 0 saturated carbocycles. The van der Waals surface area contributed by atoms with Crippen LogP contribution in [-0.4, -0.2) is 49.9 Å². The number of hydrogen-bond acceptors (Lipinski definition) is 3. The van der Waals surface area contributed by atoms with Crippen molar-refractivity contribution in [2.75, 3.05) is 38.1 Å². The van der Waals surface area contributed by atoms with Crippen molar-refractivity contribution in [1.29, 1.82) is 0 Å². The zero-order chi connectivity index (χ0) is 20.8. The third-order valence-corrected chi connectivity index (χ3v) is 5.26. The average molecular weight is 401 g/mol. The summed E-state index contributed by atoms with van der Waals surface area (Å²) in [5.74, 6) is -2.23. The van der Waals surface area contributed by atoms with Crippen molar-refractivity contribution in [3.05, 3.63) is 65.7 Å². The fraction of sp³-hybridized carbons (Fsp3) is 0.364. The van der Waals surface area contributed by atoms with Crippen LogP contribution >= 0.6 is 0 Å². The number of carbonyl (C=O) groups is 2. The summed E-state index contributed by atoms with van der Waals surface area (Å²) >= 11 is 0. The van der Waals surface area contributed by atoms with Crippen molar-refractivity contribution < 1.29 is 18.4 Å². The van der Waals surface area contributed by atoms with Crippen LogP contribution in [0.3, 0.4) is 0 Å². The van der Waals surface area contributed by atoms with Gasteiger partial charge in [0.1, 0.15) is 11.6 Å². The first-order chi connectivity index (χ1) is 14.0. The number of nitrogens with one attached hydrogen (secondary N) is 1. The maximum Gasteiger partial charge on any atom is 0.256 e. The monoisotopic (exact) mass is 401 g/mol. The van der Waals surface area contributed by atoms with Crippen molar-refractivity contribution in [3.63, 3.8) is 0 Å². The number of hydrogen-bond donors (Lipinski definition) is 1. The van der Waals surface area contributed by atoms with Gasteiger partial charge in [0.05, 0.1) is 5.56 Å². The molecule has 1 fully saturated rings. The van der Waals surface area contributed by atoms with E-state index in [1.54, 1.807) is 0 Å². The first kappa shape index (κ1) is 20.8. The van der Waals surface area contributed by atoms with Gasteiger partial charge in [-0.2, -0.15) is 0 Å². The van der Waals surface area contributed by atoms with E-state index in [1.807, 2.05) is 37.4 Å². The van der Waals surface area contributed by atoms with E-state index in [1.165, 1.54) is 4.90 Å². The zero-order valence-electron chi connectivity index (χ0n) is 16.4. The molecule has 154 valence electrons. The molecule has 0 aromatic heterocycles. The van der Waals surface area contributed by atoms with E-state index in [0.717, 1.165) is 17.8 Å². The molecule has 29 heavy (non-hydrogen) atoms. The first-order valence-electron chi connectivity index (χ1n) is 9.74. The van der Waals surface area contributed by atoms with Gasteiger partial charge < -0.3 is 15.1 Å². The van der Waals surface area contributed by atoms with Gasteiger partial charge in [-0.1, -0.05) is 18.2 Å². The molecule has 1 N–H and O–H groups in total. The maximum absolute atomic E-state index is 13.8. The lowest BCUT2D eigenvalue weighted by Gasteiger charge is -2.31. The predicted molar refractivity (Wildman–Crippen MR) is 108 cm³/mol. The lowest BCUT2D eigenvalue weighted by Crippen LogP contribution is -2.44. The van der Waals surface area contributed by atoms with Gasteiger partial charge in [-0.3, -0.25) is 9.59 Å². The number of anilines is 1. The predicted octanol–water partition coefficient (Wildman–Crippen LogP) is 3.07. The van der Waals surface area contributed by atoms with Gasteiger partial charge in [-0.15, -0.1) is 0 Å². The summed E-state index contributed by atoms with van der Waals surface area (Å²) in [4.78, 5) is 28.5. The number of nitrogens with zero attached hydrogens (tertiary/aromatic N) is 2. The van der Waals surface area contributed by atoms with E-state index in [-0.39, 0.29) is 17.4 Å². The van der Waals surface area contributed by atoms with Crippen molar-refractivity contribution in [2.45, 2.75) is 12.8 Å². The Morgan fingerprint density at radius 2 is 1.79 bits per heavy atom. The molecule has 7 heteroatoms. The summed E-state index contributed by atoms with van der Waals surface area (Å²) in [6.07, 6.45) is 1.05. The highest BCUT2D eigenvalue weighted by Crippen LogP contribution is 2.21. The van der Waals surface area contributed by atoms with Gasteiger partial charge in [0.15, 0.2) is 0 Å². The molecule has 1 heterocycles. The third kappa shape index (κ3) is 5.31. The van der Waals surface area contributed by atoms with E-state index in [4.69, 9.17) is 0 Å². The molecule has 0 radical (unpaired) electrons. The topological polar surface area (TPSA) is 52.7 Å². The summed E-state index contributed by atoms with van der Waals surface area (Å²) in [6, 6.07) is 12.9. The highest BCUT2D eigenvalue weighted by atomic mass is 19.1. The molecule has 1 saturated heterocycles. The number of piperidine rings is 1. The van der Waals surface area contributed by atoms with Crippen LogP contribution < -0.4 is 10.2 Å². The SMILES string of the molecule is CN(CCNC(=O)C1CCN(C(=O)c2ccc(F)cc2F)CC1)c1ccccc1. The van der Waals surface area contributed by atoms with Gasteiger partial charge in [0.2, 0.25) is 5.91 Å². The molecule has 2 aromatic rings. The Hall–Kier alpha value is -2.96. The van der Waals surface area contributed by atoms with Crippen LogP contribution in [0.25, 0.3) is 0 Å². The molecule has 0 spiro atoms. The van der Waals surface area contributed by atoms with E-state index >= 15 is 0 Å². The van der Waals surface area contributed by atoms with E-state index in [0.29, 0.717) is 45.1 Å². The van der Waals surface area contributed by atoms with Crippen LogP contribution in [0.2, 0.25) is 0 Å². The van der Waals surface area contributed by atoms with Crippen molar-refractivity contribution in [2.24, 2.45) is 5.92 Å². The molecule has 0 aliphatic carbocycles. The first-order valence-corrected chi connectivity index (χ1v) is 9.74. The zero-order valence-corrected chi connectivity index (χ0v) is 16.4. The summed E-state index contributed by atoms with van der Waals surface area (Å²) in [5, 5.41) is 2.96. The lowest BCUT2D eigenvalue weighted by molar-refractivity contribution is -0.126. The molecule has 1 aliphatic rings. The Kier molecular flexibility index (Phi) is 6.80. The average Bonchev–Trinajstić information content (AvgIpc) is 2.74. The standard InChI is InChI=1S/C22H25F2N3O2/c1-26(18-5-3-2-4-6-18)14-11-25-21(28)16-9-12-27(13-10-16)22(29)19-8-7-17(23)15-20(19)24/h2-8,15-16H,9-14H2,1H3,(H,25,28). The van der Waals surface area contributed by atoms with Crippen LogP contribution in [0, 0.1) is 17.6 Å². The smallest absolute Gasteiger partial charge is 0.256 e. The van der Waals surface area contributed by atoms with Crippen molar-refractivity contribution in [1.82, 2.24) is 10.2 Å². The van der Waals surface area contributed by atoms with Crippen LogP contribution in [0.15, 0.2) is 48.5 Å². The minimum atomic E-state index is -0.864. The fourth-order valence-electron chi connectivity index (χ4n) is 3.48. The molecule has 0 atom stereocenters. The molecule has 5 nitrogen and oxygen atoms in total. The number of para-hydroxylation sites is 1. The Balaban J connectivity index is 1.44. The Labute approximate surface area is 169 Å². The second kappa shape index (κ2) is 9.49. The van der Waals surface area contributed by atoms with Crippen LogP contribution in [-0.2, 0) is 4.79 Å². The maximum atomic E-state index is 13.8. The van der Waals surface area contributed by atoms with Crippen LogP contribution in [0.4, 0.5) is 14.5 Å². The normalized spacial score (nSPS) is 14.5. The molecule has 0 unspecified atom stereocenters. The number of amides is 2. The highest BCUT2D eigenvalue weighted by molar-refractivity contribution is 5.94. The quantitative estimate of drug-likeness (QED) is 0.810. The van der Waals surface area contributed by atoms with Crippen LogP contribution in [0.1, 0.15) is 23.2 Å². The number of benzene rings is 2. The van der Waals surface area contributed by atoms with Crippen LogP contribution in [0.5, 0.6) is 0 Å². The molecule has 1 aliphatic heterocycles. The fourth-order valence-corrected chi connectivity index (χ4v) is 3.48. The van der Waals surface area contributed by atoms with Crippen molar-refractivity contribution in [3.8, 4) is 0 Å². The molecular formula is C22H25F2N3O2. The van der Waals surface area contributed by atoms with E-state index in [9.17, 15) is 18.4 Å². The van der Waals surface area contributed by atoms with Gasteiger partial charge >= 0.3 is 0 Å². The molecule has 2 amide bonds. The minimum Gasteiger partial charge on any atom is -0.373 e. The molecule has 0 bridgehead atoms. The number of rotatable bonds is 6. The number of likely N-dealkylation sites (N-methyl/N-ethyl adjacent to an activating group) is 1. The van der Waals surface area contributed by atoms with Gasteiger partial charge in [0.25, 0.3) is 5.91 Å². The minimum absolute atomic E-state index is 0.0217. The van der Waals surface area contributed by atoms with E-state index < -0.39 is 17.5 Å². The third-order valence-electron chi connectivity index (χ3n) is 5.26. The molecule has 2 aromatic carbocycles. The second-order valence-corrected chi connectivity index (χ2v) is 7.24. The highest BCUT2D eigenvalue weighted by Gasteiger charge is 2.28. The van der Waals surface area contributed by atoms with Gasteiger partial charge in [-0.05, 0) is 37.1 Å². The van der Waals surface area contributed by atoms with Crippen molar-refractivity contribution >= 4 is 17.5 Å². The summed E-state index contributed by atoms with van der Waals surface area (Å²) < 4.78 is 26.9. The summed E-state index contributed by atoms with van der Waals surface area (Å²) in [6.45, 7) is 1.97. The Bertz CT molecular complexity index is 852. The second-order valence-electron chi connectivity index (χ2n) is 7.24. The number of halogens is 2. The molecule has 3 rings (SSSR count). The summed E-state index contributed by atoms with van der Waals surface area (Å²) in [7, 11) is 1.97. The molecular weight excluding hydrogens is 376 g/mol. The number of carbonyl (C=O) groups excluding carboxylic acids is 2. The lowest BCUT2D eigenvalue weighted by atomic mass is 9.95.